The number of non-ortho nitro benzene ring substituents is 1. The summed E-state index contributed by atoms with van der Waals surface area (Å²) >= 11 is 5.76. The largest absolute Gasteiger partial charge is 0.438 e. The molecule has 4 aromatic rings. The molecular weight excluding hydrogens is 375 g/mol. The van der Waals surface area contributed by atoms with Crippen molar-refractivity contribution in [3.8, 4) is 11.3 Å². The zero-order valence-corrected chi connectivity index (χ0v) is 14.3. The molecule has 0 fully saturated rings. The second-order valence-electron chi connectivity index (χ2n) is 5.61. The van der Waals surface area contributed by atoms with Gasteiger partial charge in [0.05, 0.1) is 16.0 Å². The van der Waals surface area contributed by atoms with Gasteiger partial charge in [0, 0.05) is 22.7 Å². The standard InChI is InChI=1S/C18H10ClFN4O3/c19-11-4-5-15(14(20)7-11)23-17-13-8-16(27-18(13)22-9-21-17)10-2-1-3-12(6-10)24(25)26/h1-9H,(H,21,22,23). The van der Waals surface area contributed by atoms with E-state index in [-0.39, 0.29) is 22.1 Å². The van der Waals surface area contributed by atoms with Crippen LogP contribution in [0.3, 0.4) is 0 Å². The molecule has 0 aliphatic carbocycles. The van der Waals surface area contributed by atoms with Crippen molar-refractivity contribution >= 4 is 39.9 Å². The van der Waals surface area contributed by atoms with Gasteiger partial charge in [-0.15, -0.1) is 0 Å². The summed E-state index contributed by atoms with van der Waals surface area (Å²) in [5, 5.41) is 14.6. The average Bonchev–Trinajstić information content (AvgIpc) is 3.09. The summed E-state index contributed by atoms with van der Waals surface area (Å²) in [7, 11) is 0. The maximum atomic E-state index is 14.0. The molecular formula is C18H10ClFN4O3. The van der Waals surface area contributed by atoms with Crippen LogP contribution >= 0.6 is 11.6 Å². The number of nitrogens with zero attached hydrogens (tertiary/aromatic N) is 3. The molecule has 9 heteroatoms. The van der Waals surface area contributed by atoms with E-state index in [0.717, 1.165) is 0 Å². The fourth-order valence-electron chi connectivity index (χ4n) is 2.59. The highest BCUT2D eigenvalue weighted by Crippen LogP contribution is 2.33. The van der Waals surface area contributed by atoms with Crippen molar-refractivity contribution in [2.24, 2.45) is 0 Å². The summed E-state index contributed by atoms with van der Waals surface area (Å²) < 4.78 is 19.7. The zero-order valence-electron chi connectivity index (χ0n) is 13.5. The Bertz CT molecular complexity index is 1180. The van der Waals surface area contributed by atoms with Gasteiger partial charge in [0.2, 0.25) is 5.71 Å². The quantitative estimate of drug-likeness (QED) is 0.377. The van der Waals surface area contributed by atoms with Gasteiger partial charge in [0.25, 0.3) is 5.69 Å². The molecule has 7 nitrogen and oxygen atoms in total. The Morgan fingerprint density at radius 3 is 2.78 bits per heavy atom. The number of nitro benzene ring substituents is 1. The van der Waals surface area contributed by atoms with Gasteiger partial charge in [-0.1, -0.05) is 23.7 Å². The van der Waals surface area contributed by atoms with Gasteiger partial charge >= 0.3 is 0 Å². The maximum Gasteiger partial charge on any atom is 0.270 e. The minimum absolute atomic E-state index is 0.0550. The molecule has 0 saturated heterocycles. The van der Waals surface area contributed by atoms with Crippen LogP contribution < -0.4 is 5.32 Å². The summed E-state index contributed by atoms with van der Waals surface area (Å²) in [4.78, 5) is 18.7. The maximum absolute atomic E-state index is 14.0. The molecule has 2 aromatic heterocycles. The minimum atomic E-state index is -0.531. The van der Waals surface area contributed by atoms with Gasteiger partial charge in [0.15, 0.2) is 0 Å². The summed E-state index contributed by atoms with van der Waals surface area (Å²) in [5.41, 5.74) is 0.923. The number of benzene rings is 2. The first-order valence-corrected chi connectivity index (χ1v) is 8.10. The van der Waals surface area contributed by atoms with E-state index in [1.807, 2.05) is 0 Å². The highest BCUT2D eigenvalue weighted by molar-refractivity contribution is 6.30. The Kier molecular flexibility index (Phi) is 4.17. The van der Waals surface area contributed by atoms with Gasteiger partial charge < -0.3 is 9.73 Å². The molecule has 0 amide bonds. The molecule has 2 heterocycles. The molecule has 0 aliphatic heterocycles. The lowest BCUT2D eigenvalue weighted by molar-refractivity contribution is -0.384. The topological polar surface area (TPSA) is 94.1 Å². The van der Waals surface area contributed by atoms with Crippen molar-refractivity contribution in [2.75, 3.05) is 5.32 Å². The first-order chi connectivity index (χ1) is 13.0. The van der Waals surface area contributed by atoms with E-state index in [0.29, 0.717) is 22.5 Å². The molecule has 27 heavy (non-hydrogen) atoms. The van der Waals surface area contributed by atoms with Crippen LogP contribution in [0.4, 0.5) is 21.6 Å². The van der Waals surface area contributed by atoms with Gasteiger partial charge in [-0.2, -0.15) is 0 Å². The van der Waals surface area contributed by atoms with E-state index < -0.39 is 10.7 Å². The van der Waals surface area contributed by atoms with E-state index in [1.54, 1.807) is 24.3 Å². The van der Waals surface area contributed by atoms with Crippen LogP contribution in [0.15, 0.2) is 59.3 Å². The second kappa shape index (κ2) is 6.65. The number of nitrogens with one attached hydrogen (secondary N) is 1. The highest BCUT2D eigenvalue weighted by Gasteiger charge is 2.15. The van der Waals surface area contributed by atoms with E-state index in [4.69, 9.17) is 16.0 Å². The van der Waals surface area contributed by atoms with Crippen LogP contribution in [-0.2, 0) is 0 Å². The Balaban J connectivity index is 1.76. The fraction of sp³-hybridized carbons (Fsp3) is 0. The molecule has 0 aliphatic rings. The first-order valence-electron chi connectivity index (χ1n) is 7.73. The summed E-state index contributed by atoms with van der Waals surface area (Å²) in [6.45, 7) is 0. The smallest absolute Gasteiger partial charge is 0.270 e. The van der Waals surface area contributed by atoms with Gasteiger partial charge in [-0.05, 0) is 24.3 Å². The van der Waals surface area contributed by atoms with E-state index in [1.165, 1.54) is 30.6 Å². The molecule has 134 valence electrons. The molecule has 4 rings (SSSR count). The molecule has 1 N–H and O–H groups in total. The number of halogens is 2. The van der Waals surface area contributed by atoms with Crippen LogP contribution in [0.1, 0.15) is 0 Å². The lowest BCUT2D eigenvalue weighted by Crippen LogP contribution is -1.97. The van der Waals surface area contributed by atoms with Crippen molar-refractivity contribution in [1.29, 1.82) is 0 Å². The van der Waals surface area contributed by atoms with E-state index in [9.17, 15) is 14.5 Å². The first kappa shape index (κ1) is 16.9. The van der Waals surface area contributed by atoms with Crippen LogP contribution in [0.5, 0.6) is 0 Å². The van der Waals surface area contributed by atoms with E-state index in [2.05, 4.69) is 15.3 Å². The van der Waals surface area contributed by atoms with Crippen molar-refractivity contribution in [1.82, 2.24) is 9.97 Å². The van der Waals surface area contributed by atoms with Crippen LogP contribution in [-0.4, -0.2) is 14.9 Å². The predicted molar refractivity (Wildman–Crippen MR) is 98.6 cm³/mol. The van der Waals surface area contributed by atoms with Crippen LogP contribution in [0.25, 0.3) is 22.4 Å². The van der Waals surface area contributed by atoms with Gasteiger partial charge in [0.1, 0.15) is 23.7 Å². The number of fused-ring (bicyclic) bond motifs is 1. The number of rotatable bonds is 4. The van der Waals surface area contributed by atoms with Crippen molar-refractivity contribution in [3.05, 3.63) is 75.8 Å². The second-order valence-corrected chi connectivity index (χ2v) is 6.04. The third-order valence-electron chi connectivity index (χ3n) is 3.86. The Hall–Kier alpha value is -3.52. The fourth-order valence-corrected chi connectivity index (χ4v) is 2.75. The molecule has 2 aromatic carbocycles. The number of anilines is 2. The van der Waals surface area contributed by atoms with Gasteiger partial charge in [-0.3, -0.25) is 10.1 Å². The molecule has 0 unspecified atom stereocenters. The Labute approximate surface area is 156 Å². The predicted octanol–water partition coefficient (Wildman–Crippen LogP) is 5.33. The van der Waals surface area contributed by atoms with Gasteiger partial charge in [-0.25, -0.2) is 14.4 Å². The molecule has 0 atom stereocenters. The number of aromatic nitrogens is 2. The number of hydrogen-bond donors (Lipinski definition) is 1. The van der Waals surface area contributed by atoms with Crippen molar-refractivity contribution in [3.63, 3.8) is 0 Å². The third-order valence-corrected chi connectivity index (χ3v) is 4.09. The Morgan fingerprint density at radius 1 is 1.15 bits per heavy atom. The Morgan fingerprint density at radius 2 is 2.00 bits per heavy atom. The van der Waals surface area contributed by atoms with E-state index >= 15 is 0 Å². The molecule has 0 radical (unpaired) electrons. The number of hydrogen-bond acceptors (Lipinski definition) is 6. The molecule has 0 spiro atoms. The number of furan rings is 1. The average molecular weight is 385 g/mol. The molecule has 0 bridgehead atoms. The summed E-state index contributed by atoms with van der Waals surface area (Å²) in [5.74, 6) is 0.187. The zero-order chi connectivity index (χ0) is 19.0. The summed E-state index contributed by atoms with van der Waals surface area (Å²) in [6.07, 6.45) is 1.28. The normalized spacial score (nSPS) is 10.9. The monoisotopic (exact) mass is 384 g/mol. The van der Waals surface area contributed by atoms with Crippen LogP contribution in [0.2, 0.25) is 5.02 Å². The summed E-state index contributed by atoms with van der Waals surface area (Å²) in [6, 6.07) is 11.9. The number of nitro groups is 1. The lowest BCUT2D eigenvalue weighted by Gasteiger charge is -2.07. The minimum Gasteiger partial charge on any atom is -0.438 e. The van der Waals surface area contributed by atoms with Crippen molar-refractivity contribution in [2.45, 2.75) is 0 Å². The molecule has 0 saturated carbocycles. The van der Waals surface area contributed by atoms with Crippen LogP contribution in [0, 0.1) is 15.9 Å². The third kappa shape index (κ3) is 3.30. The van der Waals surface area contributed by atoms with Crippen molar-refractivity contribution < 1.29 is 13.7 Å². The lowest BCUT2D eigenvalue weighted by atomic mass is 10.1. The highest BCUT2D eigenvalue weighted by atomic mass is 35.5. The SMILES string of the molecule is O=[N+]([O-])c1cccc(-c2cc3c(Nc4ccc(Cl)cc4F)ncnc3o2)c1.